The minimum absolute atomic E-state index is 0.0861. The lowest BCUT2D eigenvalue weighted by Gasteiger charge is -2.54. The van der Waals surface area contributed by atoms with E-state index < -0.39 is 5.82 Å². The number of carbonyl (C=O) groups excluding carboxylic acids is 1. The molecule has 0 spiro atoms. The van der Waals surface area contributed by atoms with Gasteiger partial charge in [0.1, 0.15) is 11.4 Å². The molecule has 3 saturated heterocycles. The molecule has 162 valence electrons. The standard InChI is InChI=1S/C25H28FN3O2/c26-20-7-3-6-18-22(20)27-13-19(24(18)30)25(31)29-10-4-5-15-11-16-12-17(23(15)29)14-28-9-2-1-8-21(16)28/h3,6-7,11,13,16-17,21,23H,1-2,4-5,8-10,12,14H2,(H,27,30)/t16-,17+,21-,23+/m0/s1. The lowest BCUT2D eigenvalue weighted by molar-refractivity contribution is 0.00143. The van der Waals surface area contributed by atoms with E-state index in [0.29, 0.717) is 24.4 Å². The summed E-state index contributed by atoms with van der Waals surface area (Å²) in [5.74, 6) is 0.337. The van der Waals surface area contributed by atoms with Gasteiger partial charge in [-0.3, -0.25) is 14.5 Å². The Hall–Kier alpha value is -2.47. The zero-order valence-corrected chi connectivity index (χ0v) is 17.6. The smallest absolute Gasteiger partial charge is 0.259 e. The van der Waals surface area contributed by atoms with Crippen LogP contribution >= 0.6 is 0 Å². The van der Waals surface area contributed by atoms with Crippen LogP contribution in [-0.4, -0.2) is 52.4 Å². The van der Waals surface area contributed by atoms with Crippen molar-refractivity contribution in [3.05, 3.63) is 57.6 Å². The number of hydrogen-bond acceptors (Lipinski definition) is 3. The number of H-pyrrole nitrogens is 1. The number of nitrogens with zero attached hydrogens (tertiary/aromatic N) is 2. The minimum atomic E-state index is -0.478. The quantitative estimate of drug-likeness (QED) is 0.715. The van der Waals surface area contributed by atoms with Crippen molar-refractivity contribution in [2.24, 2.45) is 11.8 Å². The number of benzene rings is 1. The number of halogens is 1. The van der Waals surface area contributed by atoms with Gasteiger partial charge in [0.25, 0.3) is 5.91 Å². The van der Waals surface area contributed by atoms with E-state index in [-0.39, 0.29) is 33.8 Å². The summed E-state index contributed by atoms with van der Waals surface area (Å²) in [4.78, 5) is 34.1. The Bertz CT molecular complexity index is 1140. The van der Waals surface area contributed by atoms with E-state index in [1.54, 1.807) is 6.07 Å². The van der Waals surface area contributed by atoms with Crippen LogP contribution in [0.25, 0.3) is 10.9 Å². The summed E-state index contributed by atoms with van der Waals surface area (Å²) in [6, 6.07) is 5.17. The van der Waals surface area contributed by atoms with Gasteiger partial charge in [0.15, 0.2) is 0 Å². The molecular weight excluding hydrogens is 393 g/mol. The van der Waals surface area contributed by atoms with E-state index in [1.807, 2.05) is 4.90 Å². The molecule has 1 N–H and O–H groups in total. The summed E-state index contributed by atoms with van der Waals surface area (Å²) in [6.45, 7) is 2.88. The van der Waals surface area contributed by atoms with Gasteiger partial charge in [0, 0.05) is 30.7 Å². The molecule has 5 nitrogen and oxygen atoms in total. The Morgan fingerprint density at radius 3 is 2.97 bits per heavy atom. The average molecular weight is 422 g/mol. The molecule has 0 unspecified atom stereocenters. The number of carbonyl (C=O) groups is 1. The van der Waals surface area contributed by atoms with E-state index in [4.69, 9.17) is 0 Å². The van der Waals surface area contributed by atoms with Crippen molar-refractivity contribution in [3.63, 3.8) is 0 Å². The number of rotatable bonds is 1. The Balaban J connectivity index is 1.37. The first-order chi connectivity index (χ1) is 15.1. The first-order valence-corrected chi connectivity index (χ1v) is 11.7. The highest BCUT2D eigenvalue weighted by molar-refractivity contribution is 5.97. The number of aromatic nitrogens is 1. The summed E-state index contributed by atoms with van der Waals surface area (Å²) in [5.41, 5.74) is 1.29. The number of nitrogens with one attached hydrogen (secondary N) is 1. The first-order valence-electron chi connectivity index (χ1n) is 11.7. The lowest BCUT2D eigenvalue weighted by Crippen LogP contribution is -2.60. The van der Waals surface area contributed by atoms with Crippen molar-refractivity contribution < 1.29 is 9.18 Å². The fourth-order valence-corrected chi connectivity index (χ4v) is 6.73. The monoisotopic (exact) mass is 421 g/mol. The molecule has 1 aliphatic carbocycles. The lowest BCUT2D eigenvalue weighted by atomic mass is 9.68. The van der Waals surface area contributed by atoms with Crippen LogP contribution in [0.3, 0.4) is 0 Å². The van der Waals surface area contributed by atoms with Gasteiger partial charge in [-0.1, -0.05) is 24.1 Å². The van der Waals surface area contributed by atoms with Crippen LogP contribution in [0, 0.1) is 17.7 Å². The zero-order valence-electron chi connectivity index (χ0n) is 17.6. The molecule has 6 heteroatoms. The summed E-state index contributed by atoms with van der Waals surface area (Å²) in [6.07, 6.45) is 10.9. The molecular formula is C25H28FN3O2. The third-order valence-corrected chi connectivity index (χ3v) is 8.01. The Morgan fingerprint density at radius 2 is 2.06 bits per heavy atom. The first kappa shape index (κ1) is 19.2. The fourth-order valence-electron chi connectivity index (χ4n) is 6.73. The number of pyridine rings is 1. The van der Waals surface area contributed by atoms with Crippen LogP contribution in [0.2, 0.25) is 0 Å². The molecule has 2 aromatic rings. The van der Waals surface area contributed by atoms with Crippen LogP contribution in [0.1, 0.15) is 48.9 Å². The third kappa shape index (κ3) is 2.99. The van der Waals surface area contributed by atoms with Crippen LogP contribution in [0.15, 0.2) is 40.8 Å². The highest BCUT2D eigenvalue weighted by atomic mass is 19.1. The number of para-hydroxylation sites is 1. The molecule has 6 rings (SSSR count). The maximum Gasteiger partial charge on any atom is 0.259 e. The molecule has 3 aliphatic heterocycles. The SMILES string of the molecule is O=C(c1c[nH]c2c(F)cccc2c1=O)N1CCCC2=C[C@H]3C[C@H](CN4CCCC[C@@H]34)[C@@H]21. The summed E-state index contributed by atoms with van der Waals surface area (Å²) in [5, 5.41) is 0.233. The summed E-state index contributed by atoms with van der Waals surface area (Å²) < 4.78 is 14.1. The van der Waals surface area contributed by atoms with Gasteiger partial charge < -0.3 is 9.88 Å². The van der Waals surface area contributed by atoms with Gasteiger partial charge in [0.2, 0.25) is 5.43 Å². The molecule has 4 atom stereocenters. The molecule has 0 saturated carbocycles. The molecule has 0 radical (unpaired) electrons. The van der Waals surface area contributed by atoms with Gasteiger partial charge in [0.05, 0.1) is 11.6 Å². The van der Waals surface area contributed by atoms with E-state index in [0.717, 1.165) is 32.4 Å². The van der Waals surface area contributed by atoms with E-state index in [1.165, 1.54) is 43.2 Å². The number of likely N-dealkylation sites (tertiary alicyclic amines) is 1. The largest absolute Gasteiger partial charge is 0.358 e. The van der Waals surface area contributed by atoms with Gasteiger partial charge in [-0.15, -0.1) is 0 Å². The summed E-state index contributed by atoms with van der Waals surface area (Å²) in [7, 11) is 0. The van der Waals surface area contributed by atoms with Gasteiger partial charge in [-0.05, 0) is 62.6 Å². The van der Waals surface area contributed by atoms with Crippen LogP contribution in [0.4, 0.5) is 4.39 Å². The van der Waals surface area contributed by atoms with Gasteiger partial charge >= 0.3 is 0 Å². The number of hydrogen-bond donors (Lipinski definition) is 1. The normalized spacial score (nSPS) is 30.5. The maximum atomic E-state index is 14.1. The number of amides is 1. The molecule has 3 fully saturated rings. The molecule has 1 amide bonds. The maximum absolute atomic E-state index is 14.1. The predicted molar refractivity (Wildman–Crippen MR) is 117 cm³/mol. The number of fused-ring (bicyclic) bond motifs is 7. The second-order valence-electron chi connectivity index (χ2n) is 9.70. The van der Waals surface area contributed by atoms with Crippen molar-refractivity contribution >= 4 is 16.8 Å². The van der Waals surface area contributed by atoms with Gasteiger partial charge in [-0.2, -0.15) is 0 Å². The minimum Gasteiger partial charge on any atom is -0.358 e. The van der Waals surface area contributed by atoms with E-state index in [2.05, 4.69) is 16.0 Å². The molecule has 4 heterocycles. The van der Waals surface area contributed by atoms with E-state index >= 15 is 0 Å². The Kier molecular flexibility index (Phi) is 4.53. The summed E-state index contributed by atoms with van der Waals surface area (Å²) >= 11 is 0. The third-order valence-electron chi connectivity index (χ3n) is 8.01. The van der Waals surface area contributed by atoms with Crippen LogP contribution in [-0.2, 0) is 0 Å². The van der Waals surface area contributed by atoms with Crippen molar-refractivity contribution in [2.75, 3.05) is 19.6 Å². The van der Waals surface area contributed by atoms with Crippen LogP contribution < -0.4 is 5.43 Å². The molecule has 2 bridgehead atoms. The topological polar surface area (TPSA) is 56.4 Å². The molecule has 1 aromatic heterocycles. The molecule has 31 heavy (non-hydrogen) atoms. The van der Waals surface area contributed by atoms with Crippen molar-refractivity contribution in [1.82, 2.24) is 14.8 Å². The highest BCUT2D eigenvalue weighted by Crippen LogP contribution is 2.45. The number of aromatic amines is 1. The van der Waals surface area contributed by atoms with Crippen molar-refractivity contribution in [2.45, 2.75) is 50.6 Å². The number of piperidine rings is 3. The van der Waals surface area contributed by atoms with Crippen molar-refractivity contribution in [1.29, 1.82) is 0 Å². The Morgan fingerprint density at radius 1 is 1.16 bits per heavy atom. The zero-order chi connectivity index (χ0) is 21.1. The highest BCUT2D eigenvalue weighted by Gasteiger charge is 2.47. The molecule has 1 aromatic carbocycles. The van der Waals surface area contributed by atoms with Crippen LogP contribution in [0.5, 0.6) is 0 Å². The average Bonchev–Trinajstić information content (AvgIpc) is 2.79. The Labute approximate surface area is 180 Å². The van der Waals surface area contributed by atoms with E-state index in [9.17, 15) is 14.0 Å². The predicted octanol–water partition coefficient (Wildman–Crippen LogP) is 3.70. The fraction of sp³-hybridized carbons (Fsp3) is 0.520. The van der Waals surface area contributed by atoms with Gasteiger partial charge in [-0.25, -0.2) is 4.39 Å². The molecule has 4 aliphatic rings. The second kappa shape index (κ2) is 7.30. The van der Waals surface area contributed by atoms with Crippen molar-refractivity contribution in [3.8, 4) is 0 Å². The second-order valence-corrected chi connectivity index (χ2v) is 9.70.